The third kappa shape index (κ3) is 6.25. The summed E-state index contributed by atoms with van der Waals surface area (Å²) in [5.74, 6) is -1.27. The minimum Gasteiger partial charge on any atom is -0.495 e. The van der Waals surface area contributed by atoms with Crippen LogP contribution in [0.3, 0.4) is 0 Å². The Labute approximate surface area is 162 Å². The number of piperidine rings is 1. The fourth-order valence-electron chi connectivity index (χ4n) is 2.68. The molecule has 2 rings (SSSR count). The third-order valence-corrected chi connectivity index (χ3v) is 4.27. The molecule has 1 aliphatic rings. The van der Waals surface area contributed by atoms with Crippen molar-refractivity contribution in [2.45, 2.75) is 32.6 Å². The second-order valence-corrected chi connectivity index (χ2v) is 6.65. The zero-order valence-electron chi connectivity index (χ0n) is 15.4. The number of amides is 3. The van der Waals surface area contributed by atoms with E-state index in [-0.39, 0.29) is 12.3 Å². The Morgan fingerprint density at radius 3 is 2.59 bits per heavy atom. The number of rotatable bonds is 5. The van der Waals surface area contributed by atoms with E-state index in [1.807, 2.05) is 0 Å². The van der Waals surface area contributed by atoms with E-state index in [1.165, 1.54) is 12.0 Å². The van der Waals surface area contributed by atoms with Crippen LogP contribution < -0.4 is 15.5 Å². The Hall–Kier alpha value is -2.61. The number of ether oxygens (including phenoxy) is 1. The topological polar surface area (TPSA) is 100 Å². The smallest absolute Gasteiger partial charge is 0.329 e. The number of methoxy groups -OCH3 is 1. The first-order chi connectivity index (χ1) is 12.9. The molecule has 1 aliphatic heterocycles. The molecule has 1 fully saturated rings. The van der Waals surface area contributed by atoms with E-state index < -0.39 is 11.8 Å². The van der Waals surface area contributed by atoms with Gasteiger partial charge in [0.1, 0.15) is 5.75 Å². The van der Waals surface area contributed by atoms with Crippen molar-refractivity contribution in [3.8, 4) is 5.75 Å². The van der Waals surface area contributed by atoms with Crippen LogP contribution in [-0.2, 0) is 14.4 Å². The Bertz CT molecular complexity index is 745. The van der Waals surface area contributed by atoms with Crippen LogP contribution in [0.15, 0.2) is 23.3 Å². The minimum absolute atomic E-state index is 0.0617. The summed E-state index contributed by atoms with van der Waals surface area (Å²) >= 11 is 5.93. The van der Waals surface area contributed by atoms with Crippen molar-refractivity contribution in [1.82, 2.24) is 10.3 Å². The van der Waals surface area contributed by atoms with Gasteiger partial charge in [-0.25, -0.2) is 5.43 Å². The quantitative estimate of drug-likeness (QED) is 0.454. The van der Waals surface area contributed by atoms with Gasteiger partial charge in [0.2, 0.25) is 5.91 Å². The number of hydrazone groups is 1. The molecule has 3 amide bonds. The number of hydrogen-bond donors (Lipinski definition) is 2. The van der Waals surface area contributed by atoms with Crippen molar-refractivity contribution in [3.63, 3.8) is 0 Å². The number of anilines is 1. The van der Waals surface area contributed by atoms with Crippen molar-refractivity contribution in [2.75, 3.05) is 25.5 Å². The number of likely N-dealkylation sites (tertiary alicyclic amines) is 1. The van der Waals surface area contributed by atoms with Crippen LogP contribution in [0, 0.1) is 0 Å². The van der Waals surface area contributed by atoms with Gasteiger partial charge in [0.25, 0.3) is 0 Å². The van der Waals surface area contributed by atoms with Gasteiger partial charge < -0.3 is 15.0 Å². The third-order valence-electron chi connectivity index (χ3n) is 4.04. The summed E-state index contributed by atoms with van der Waals surface area (Å²) in [6.07, 6.45) is 2.80. The second kappa shape index (κ2) is 9.91. The summed E-state index contributed by atoms with van der Waals surface area (Å²) < 4.78 is 5.17. The molecule has 8 nitrogen and oxygen atoms in total. The van der Waals surface area contributed by atoms with E-state index in [1.54, 1.807) is 25.1 Å². The fourth-order valence-corrected chi connectivity index (χ4v) is 2.85. The zero-order chi connectivity index (χ0) is 19.8. The highest BCUT2D eigenvalue weighted by atomic mass is 35.5. The minimum atomic E-state index is -0.798. The maximum Gasteiger partial charge on any atom is 0.329 e. The average Bonchev–Trinajstić information content (AvgIpc) is 2.66. The van der Waals surface area contributed by atoms with Crippen molar-refractivity contribution < 1.29 is 19.1 Å². The highest BCUT2D eigenvalue weighted by molar-refractivity contribution is 6.35. The van der Waals surface area contributed by atoms with Crippen LogP contribution in [0.5, 0.6) is 5.75 Å². The molecular weight excluding hydrogens is 372 g/mol. The zero-order valence-corrected chi connectivity index (χ0v) is 16.1. The van der Waals surface area contributed by atoms with Crippen LogP contribution in [0.1, 0.15) is 32.6 Å². The molecule has 1 saturated heterocycles. The first kappa shape index (κ1) is 20.7. The Kier molecular flexibility index (Phi) is 7.60. The number of nitrogens with zero attached hydrogens (tertiary/aromatic N) is 2. The van der Waals surface area contributed by atoms with E-state index in [0.29, 0.717) is 35.3 Å². The van der Waals surface area contributed by atoms with Crippen molar-refractivity contribution in [3.05, 3.63) is 23.2 Å². The first-order valence-corrected chi connectivity index (χ1v) is 9.04. The Morgan fingerprint density at radius 1 is 1.22 bits per heavy atom. The molecular formula is C18H23ClN4O4. The van der Waals surface area contributed by atoms with Crippen molar-refractivity contribution in [2.24, 2.45) is 5.10 Å². The van der Waals surface area contributed by atoms with E-state index in [9.17, 15) is 14.4 Å². The lowest BCUT2D eigenvalue weighted by Gasteiger charge is -2.25. The molecule has 9 heteroatoms. The summed E-state index contributed by atoms with van der Waals surface area (Å²) in [5.41, 5.74) is 3.00. The maximum atomic E-state index is 12.1. The molecule has 0 aromatic heterocycles. The van der Waals surface area contributed by atoms with Gasteiger partial charge in [0, 0.05) is 23.8 Å². The van der Waals surface area contributed by atoms with Gasteiger partial charge in [0.05, 0.1) is 19.2 Å². The van der Waals surface area contributed by atoms with E-state index in [2.05, 4.69) is 15.8 Å². The summed E-state index contributed by atoms with van der Waals surface area (Å²) in [4.78, 5) is 37.6. The van der Waals surface area contributed by atoms with Crippen LogP contribution in [0.4, 0.5) is 5.69 Å². The summed E-state index contributed by atoms with van der Waals surface area (Å²) in [5, 5.41) is 6.97. The monoisotopic (exact) mass is 394 g/mol. The van der Waals surface area contributed by atoms with Gasteiger partial charge in [-0.3, -0.25) is 14.4 Å². The van der Waals surface area contributed by atoms with Gasteiger partial charge in [0.15, 0.2) is 0 Å². The van der Waals surface area contributed by atoms with Crippen molar-refractivity contribution in [1.29, 1.82) is 0 Å². The van der Waals surface area contributed by atoms with Gasteiger partial charge in [-0.05, 0) is 44.4 Å². The fraction of sp³-hybridized carbons (Fsp3) is 0.444. The summed E-state index contributed by atoms with van der Waals surface area (Å²) in [7, 11) is 1.49. The summed E-state index contributed by atoms with van der Waals surface area (Å²) in [6.45, 7) is 2.75. The van der Waals surface area contributed by atoms with Crippen LogP contribution >= 0.6 is 11.6 Å². The lowest BCUT2D eigenvalue weighted by molar-refractivity contribution is -0.146. The molecule has 0 aliphatic carbocycles. The van der Waals surface area contributed by atoms with Crippen LogP contribution in [0.25, 0.3) is 0 Å². The molecule has 146 valence electrons. The predicted octanol–water partition coefficient (Wildman–Crippen LogP) is 2.18. The molecule has 0 unspecified atom stereocenters. The molecule has 0 bridgehead atoms. The van der Waals surface area contributed by atoms with Crippen molar-refractivity contribution >= 4 is 40.7 Å². The normalized spacial score (nSPS) is 14.5. The number of nitrogens with one attached hydrogen (secondary N) is 2. The standard InChI is InChI=1S/C18H23ClN4O4/c1-12(21-22-17(25)18(26)23-8-4-3-5-9-23)10-16(24)20-14-11-13(19)6-7-15(14)27-2/h6-7,11H,3-5,8-10H2,1-2H3,(H,20,24)(H,22,25)/b21-12+. The molecule has 1 heterocycles. The second-order valence-electron chi connectivity index (χ2n) is 6.21. The molecule has 0 saturated carbocycles. The lowest BCUT2D eigenvalue weighted by atomic mass is 10.1. The maximum absolute atomic E-state index is 12.1. The molecule has 27 heavy (non-hydrogen) atoms. The molecule has 0 radical (unpaired) electrons. The van der Waals surface area contributed by atoms with Gasteiger partial charge in [-0.1, -0.05) is 11.6 Å². The van der Waals surface area contributed by atoms with E-state index >= 15 is 0 Å². The average molecular weight is 395 g/mol. The van der Waals surface area contributed by atoms with E-state index in [0.717, 1.165) is 19.3 Å². The van der Waals surface area contributed by atoms with Crippen LogP contribution in [-0.4, -0.2) is 48.5 Å². The highest BCUT2D eigenvalue weighted by Gasteiger charge is 2.23. The predicted molar refractivity (Wildman–Crippen MR) is 103 cm³/mol. The highest BCUT2D eigenvalue weighted by Crippen LogP contribution is 2.27. The number of carbonyl (C=O) groups excluding carboxylic acids is 3. The number of carbonyl (C=O) groups is 3. The van der Waals surface area contributed by atoms with Gasteiger partial charge in [-0.15, -0.1) is 0 Å². The number of benzene rings is 1. The van der Waals surface area contributed by atoms with E-state index in [4.69, 9.17) is 16.3 Å². The Balaban J connectivity index is 1.87. The SMILES string of the molecule is COc1ccc(Cl)cc1NC(=O)C/C(C)=N/NC(=O)C(=O)N1CCCCC1. The number of hydrogen-bond acceptors (Lipinski definition) is 5. The largest absolute Gasteiger partial charge is 0.495 e. The molecule has 1 aromatic carbocycles. The van der Waals surface area contributed by atoms with Gasteiger partial charge >= 0.3 is 11.8 Å². The first-order valence-electron chi connectivity index (χ1n) is 8.66. The summed E-state index contributed by atoms with van der Waals surface area (Å²) in [6, 6.07) is 4.87. The molecule has 0 spiro atoms. The lowest BCUT2D eigenvalue weighted by Crippen LogP contribution is -2.44. The van der Waals surface area contributed by atoms with Crippen LogP contribution in [0.2, 0.25) is 5.02 Å². The van der Waals surface area contributed by atoms with Gasteiger partial charge in [-0.2, -0.15) is 5.10 Å². The molecule has 2 N–H and O–H groups in total. The number of halogens is 1. The molecule has 1 aromatic rings. The Morgan fingerprint density at radius 2 is 1.93 bits per heavy atom. The molecule has 0 atom stereocenters.